The summed E-state index contributed by atoms with van der Waals surface area (Å²) < 4.78 is 5.25. The van der Waals surface area contributed by atoms with Crippen LogP contribution in [0.25, 0.3) is 0 Å². The number of hydrogen-bond donors (Lipinski definition) is 1. The molecule has 0 aliphatic heterocycles. The summed E-state index contributed by atoms with van der Waals surface area (Å²) in [6.45, 7) is 4.36. The molecule has 1 rings (SSSR count). The molecule has 1 heterocycles. The van der Waals surface area contributed by atoms with E-state index in [1.54, 1.807) is 0 Å². The zero-order chi connectivity index (χ0) is 11.1. The van der Waals surface area contributed by atoms with Gasteiger partial charge in [0.25, 0.3) is 0 Å². The van der Waals surface area contributed by atoms with Crippen LogP contribution >= 0.6 is 0 Å². The van der Waals surface area contributed by atoms with Crippen molar-refractivity contribution in [3.8, 4) is 0 Å². The molecule has 3 heteroatoms. The van der Waals surface area contributed by atoms with Gasteiger partial charge in [-0.1, -0.05) is 44.7 Å². The molecule has 1 aromatic rings. The van der Waals surface area contributed by atoms with Crippen LogP contribution in [0.15, 0.2) is 4.52 Å². The van der Waals surface area contributed by atoms with Crippen molar-refractivity contribution in [1.82, 2.24) is 5.16 Å². The summed E-state index contributed by atoms with van der Waals surface area (Å²) >= 11 is 0. The third-order valence-corrected chi connectivity index (χ3v) is 2.66. The second-order valence-electron chi connectivity index (χ2n) is 4.03. The number of nitrogens with two attached hydrogens (primary N) is 1. The molecule has 0 amide bonds. The quantitative estimate of drug-likeness (QED) is 0.702. The summed E-state index contributed by atoms with van der Waals surface area (Å²) in [6.07, 6.45) is 8.07. The average molecular weight is 210 g/mol. The van der Waals surface area contributed by atoms with Gasteiger partial charge < -0.3 is 10.3 Å². The molecule has 0 saturated heterocycles. The maximum atomic E-state index is 5.75. The first-order chi connectivity index (χ1) is 7.29. The van der Waals surface area contributed by atoms with Crippen LogP contribution in [0.5, 0.6) is 0 Å². The Morgan fingerprint density at radius 3 is 2.53 bits per heavy atom. The fraction of sp³-hybridized carbons (Fsp3) is 0.750. The van der Waals surface area contributed by atoms with Crippen LogP contribution in [0, 0.1) is 0 Å². The molecule has 0 fully saturated rings. The molecule has 0 unspecified atom stereocenters. The molecule has 0 bridgehead atoms. The molecular weight excluding hydrogens is 188 g/mol. The smallest absolute Gasteiger partial charge is 0.170 e. The molecular formula is C12H22N2O. The number of rotatable bonds is 7. The number of aromatic nitrogens is 1. The van der Waals surface area contributed by atoms with Gasteiger partial charge in [0, 0.05) is 12.0 Å². The van der Waals surface area contributed by atoms with Crippen LogP contribution in [0.1, 0.15) is 57.3 Å². The molecule has 1 aromatic heterocycles. The summed E-state index contributed by atoms with van der Waals surface area (Å²) in [7, 11) is 0. The topological polar surface area (TPSA) is 52.0 Å². The number of anilines is 1. The van der Waals surface area contributed by atoms with Gasteiger partial charge >= 0.3 is 0 Å². The van der Waals surface area contributed by atoms with Crippen LogP contribution in [-0.2, 0) is 12.8 Å². The molecule has 0 radical (unpaired) electrons. The highest BCUT2D eigenvalue weighted by Gasteiger charge is 2.11. The van der Waals surface area contributed by atoms with E-state index in [0.717, 1.165) is 30.6 Å². The van der Waals surface area contributed by atoms with Crippen LogP contribution < -0.4 is 5.73 Å². The van der Waals surface area contributed by atoms with Gasteiger partial charge in [-0.15, -0.1) is 0 Å². The molecule has 3 nitrogen and oxygen atoms in total. The summed E-state index contributed by atoms with van der Waals surface area (Å²) in [5.74, 6) is 1.59. The Labute approximate surface area is 92.0 Å². The van der Waals surface area contributed by atoms with Crippen molar-refractivity contribution in [1.29, 1.82) is 0 Å². The number of hydrogen-bond acceptors (Lipinski definition) is 3. The van der Waals surface area contributed by atoms with Crippen LogP contribution in [0.2, 0.25) is 0 Å². The summed E-state index contributed by atoms with van der Waals surface area (Å²) in [4.78, 5) is 0. The van der Waals surface area contributed by atoms with Crippen molar-refractivity contribution < 1.29 is 4.52 Å². The minimum Gasteiger partial charge on any atom is -0.381 e. The standard InChI is InChI=1S/C12H22N2O/c1-3-5-6-7-9-11-10(8-4-2)12(13)14-15-11/h3-9H2,1-2H3,(H2,13,14). The van der Waals surface area contributed by atoms with E-state index >= 15 is 0 Å². The number of nitrogen functional groups attached to an aromatic ring is 1. The Kier molecular flexibility index (Phi) is 5.22. The zero-order valence-corrected chi connectivity index (χ0v) is 9.88. The monoisotopic (exact) mass is 210 g/mol. The minimum atomic E-state index is 0.586. The van der Waals surface area contributed by atoms with E-state index < -0.39 is 0 Å². The molecule has 0 atom stereocenters. The number of unbranched alkanes of at least 4 members (excludes halogenated alkanes) is 3. The lowest BCUT2D eigenvalue weighted by molar-refractivity contribution is 0.379. The predicted molar refractivity (Wildman–Crippen MR) is 62.8 cm³/mol. The van der Waals surface area contributed by atoms with Crippen molar-refractivity contribution in [3.05, 3.63) is 11.3 Å². The van der Waals surface area contributed by atoms with Gasteiger partial charge in [0.2, 0.25) is 0 Å². The van der Waals surface area contributed by atoms with Gasteiger partial charge in [-0.2, -0.15) is 0 Å². The van der Waals surface area contributed by atoms with Crippen molar-refractivity contribution in [2.75, 3.05) is 5.73 Å². The van der Waals surface area contributed by atoms with E-state index in [2.05, 4.69) is 19.0 Å². The van der Waals surface area contributed by atoms with Crippen LogP contribution in [0.4, 0.5) is 5.82 Å². The zero-order valence-electron chi connectivity index (χ0n) is 9.88. The maximum absolute atomic E-state index is 5.75. The van der Waals surface area contributed by atoms with E-state index in [4.69, 9.17) is 10.3 Å². The van der Waals surface area contributed by atoms with Gasteiger partial charge in [0.1, 0.15) is 5.76 Å². The molecule has 86 valence electrons. The highest BCUT2D eigenvalue weighted by molar-refractivity contribution is 5.40. The average Bonchev–Trinajstić information content (AvgIpc) is 2.57. The molecule has 0 saturated carbocycles. The van der Waals surface area contributed by atoms with E-state index in [0.29, 0.717) is 5.82 Å². The van der Waals surface area contributed by atoms with Crippen molar-refractivity contribution in [2.24, 2.45) is 0 Å². The fourth-order valence-corrected chi connectivity index (χ4v) is 1.78. The molecule has 0 spiro atoms. The Balaban J connectivity index is 2.45. The van der Waals surface area contributed by atoms with E-state index in [9.17, 15) is 0 Å². The summed E-state index contributed by atoms with van der Waals surface area (Å²) in [5, 5.41) is 3.84. The molecule has 0 aliphatic carbocycles. The third-order valence-electron chi connectivity index (χ3n) is 2.66. The summed E-state index contributed by atoms with van der Waals surface area (Å²) in [6, 6.07) is 0. The SMILES string of the molecule is CCCCCCc1onc(N)c1CCC. The first kappa shape index (κ1) is 12.1. The largest absolute Gasteiger partial charge is 0.381 e. The first-order valence-electron chi connectivity index (χ1n) is 6.02. The molecule has 15 heavy (non-hydrogen) atoms. The Hall–Kier alpha value is -0.990. The fourth-order valence-electron chi connectivity index (χ4n) is 1.78. The van der Waals surface area contributed by atoms with Gasteiger partial charge in [-0.25, -0.2) is 0 Å². The van der Waals surface area contributed by atoms with Gasteiger partial charge in [0.05, 0.1) is 0 Å². The Morgan fingerprint density at radius 1 is 1.07 bits per heavy atom. The van der Waals surface area contributed by atoms with E-state index in [-0.39, 0.29) is 0 Å². The highest BCUT2D eigenvalue weighted by Crippen LogP contribution is 2.20. The van der Waals surface area contributed by atoms with Crippen LogP contribution in [0.3, 0.4) is 0 Å². The summed E-state index contributed by atoms with van der Waals surface area (Å²) in [5.41, 5.74) is 6.89. The van der Waals surface area contributed by atoms with Gasteiger partial charge in [0.15, 0.2) is 5.82 Å². The molecule has 2 N–H and O–H groups in total. The Morgan fingerprint density at radius 2 is 1.87 bits per heavy atom. The second kappa shape index (κ2) is 6.49. The van der Waals surface area contributed by atoms with Crippen molar-refractivity contribution >= 4 is 5.82 Å². The minimum absolute atomic E-state index is 0.586. The lowest BCUT2D eigenvalue weighted by Crippen LogP contribution is -1.95. The second-order valence-corrected chi connectivity index (χ2v) is 4.03. The van der Waals surface area contributed by atoms with Gasteiger partial charge in [-0.05, 0) is 12.8 Å². The number of nitrogens with zero attached hydrogens (tertiary/aromatic N) is 1. The van der Waals surface area contributed by atoms with Crippen molar-refractivity contribution in [3.63, 3.8) is 0 Å². The number of aryl methyl sites for hydroxylation is 1. The molecule has 0 aliphatic rings. The van der Waals surface area contributed by atoms with Gasteiger partial charge in [-0.3, -0.25) is 0 Å². The highest BCUT2D eigenvalue weighted by atomic mass is 16.5. The van der Waals surface area contributed by atoms with Crippen molar-refractivity contribution in [2.45, 2.75) is 58.8 Å². The third kappa shape index (κ3) is 3.57. The predicted octanol–water partition coefficient (Wildman–Crippen LogP) is 3.33. The van der Waals surface area contributed by atoms with E-state index in [1.165, 1.54) is 25.7 Å². The lowest BCUT2D eigenvalue weighted by atomic mass is 10.1. The first-order valence-corrected chi connectivity index (χ1v) is 6.02. The maximum Gasteiger partial charge on any atom is 0.170 e. The Bertz CT molecular complexity index is 281. The lowest BCUT2D eigenvalue weighted by Gasteiger charge is -2.00. The molecule has 0 aromatic carbocycles. The van der Waals surface area contributed by atoms with E-state index in [1.807, 2.05) is 0 Å². The van der Waals surface area contributed by atoms with Crippen LogP contribution in [-0.4, -0.2) is 5.16 Å². The normalized spacial score (nSPS) is 10.8.